The smallest absolute Gasteiger partial charge is 0.342 e. The molecule has 1 aromatic heterocycles. The van der Waals surface area contributed by atoms with E-state index in [4.69, 9.17) is 0 Å². The number of H-pyrrole nitrogens is 1. The first kappa shape index (κ1) is 18.0. The van der Waals surface area contributed by atoms with Crippen molar-refractivity contribution >= 4 is 56.5 Å². The van der Waals surface area contributed by atoms with Crippen LogP contribution in [0.2, 0.25) is 0 Å². The number of carboxylic acids is 1. The lowest BCUT2D eigenvalue weighted by Crippen LogP contribution is -1.98. The van der Waals surface area contributed by atoms with Crippen molar-refractivity contribution in [2.45, 2.75) is 5.16 Å². The number of carboxylic acid groups (broad SMARTS) is 1. The summed E-state index contributed by atoms with van der Waals surface area (Å²) in [6.45, 7) is 0. The highest BCUT2D eigenvalue weighted by atomic mass is 79.9. The fourth-order valence-electron chi connectivity index (χ4n) is 2.21. The van der Waals surface area contributed by atoms with Crippen LogP contribution in [0, 0.1) is 10.1 Å². The number of rotatable bonds is 5. The Balaban J connectivity index is 2.03. The molecule has 0 unspecified atom stereocenters. The lowest BCUT2D eigenvalue weighted by molar-refractivity contribution is -0.385. The molecule has 26 heavy (non-hydrogen) atoms. The molecule has 2 aromatic carbocycles. The molecule has 0 atom stereocenters. The van der Waals surface area contributed by atoms with Gasteiger partial charge in [0.05, 0.1) is 16.0 Å². The van der Waals surface area contributed by atoms with Gasteiger partial charge in [0.1, 0.15) is 4.91 Å². The first-order valence-corrected chi connectivity index (χ1v) is 8.70. The molecule has 0 bridgehead atoms. The number of nitro benzene ring substituents is 1. The highest BCUT2D eigenvalue weighted by Crippen LogP contribution is 2.36. The second kappa shape index (κ2) is 7.18. The second-order valence-electron chi connectivity index (χ2n) is 5.09. The predicted molar refractivity (Wildman–Crippen MR) is 100 cm³/mol. The summed E-state index contributed by atoms with van der Waals surface area (Å²) in [6.07, 6.45) is 1.16. The van der Waals surface area contributed by atoms with Crippen LogP contribution < -0.4 is 0 Å². The number of phenols is 1. The summed E-state index contributed by atoms with van der Waals surface area (Å²) in [4.78, 5) is 29.0. The quantitative estimate of drug-likeness (QED) is 0.237. The summed E-state index contributed by atoms with van der Waals surface area (Å²) in [5.41, 5.74) is 0.914. The van der Waals surface area contributed by atoms with Crippen molar-refractivity contribution in [1.29, 1.82) is 0 Å². The third-order valence-electron chi connectivity index (χ3n) is 3.35. The number of phenolic OH excluding ortho intramolecular Hbond substituents is 1. The van der Waals surface area contributed by atoms with Crippen LogP contribution in [0.5, 0.6) is 5.75 Å². The molecule has 8 nitrogen and oxygen atoms in total. The number of thioether (sulfide) groups is 1. The molecule has 1 heterocycles. The van der Waals surface area contributed by atoms with Crippen molar-refractivity contribution < 1.29 is 19.9 Å². The van der Waals surface area contributed by atoms with Gasteiger partial charge >= 0.3 is 11.7 Å². The van der Waals surface area contributed by atoms with Crippen LogP contribution in [0.25, 0.3) is 17.1 Å². The molecule has 132 valence electrons. The van der Waals surface area contributed by atoms with Gasteiger partial charge in [-0.25, -0.2) is 9.78 Å². The van der Waals surface area contributed by atoms with Gasteiger partial charge in [-0.15, -0.1) is 0 Å². The number of halogens is 1. The minimum Gasteiger partial charge on any atom is -0.502 e. The van der Waals surface area contributed by atoms with E-state index >= 15 is 0 Å². The number of nitrogens with zero attached hydrogens (tertiary/aromatic N) is 2. The monoisotopic (exact) mass is 435 g/mol. The Kier molecular flexibility index (Phi) is 4.96. The van der Waals surface area contributed by atoms with E-state index in [2.05, 4.69) is 25.9 Å². The zero-order valence-electron chi connectivity index (χ0n) is 12.8. The van der Waals surface area contributed by atoms with Crippen molar-refractivity contribution in [1.82, 2.24) is 9.97 Å². The standard InChI is InChI=1S/C16H10BrN3O5S/c17-9-5-8(14(21)12(7-9)20(24)25)6-13(15(22)23)26-16-18-10-3-1-2-4-11(10)19-16/h1-7,21H,(H,18,19)(H,22,23)/b13-6-. The molecule has 0 spiro atoms. The second-order valence-corrected chi connectivity index (χ2v) is 7.04. The SMILES string of the molecule is O=C(O)/C(=C/c1cc(Br)cc([N+](=O)[O-])c1O)Sc1nc2ccccc2[nH]1. The number of hydrogen-bond donors (Lipinski definition) is 3. The molecule has 3 aromatic rings. The van der Waals surface area contributed by atoms with Crippen LogP contribution in [0.1, 0.15) is 5.56 Å². The molecule has 0 fully saturated rings. The predicted octanol–water partition coefficient (Wildman–Crippen LogP) is 4.16. The molecule has 0 radical (unpaired) electrons. The zero-order valence-corrected chi connectivity index (χ0v) is 15.2. The molecule has 0 aliphatic rings. The Bertz CT molecular complexity index is 1030. The lowest BCUT2D eigenvalue weighted by atomic mass is 10.1. The van der Waals surface area contributed by atoms with Gasteiger partial charge < -0.3 is 15.2 Å². The highest BCUT2D eigenvalue weighted by Gasteiger charge is 2.20. The largest absolute Gasteiger partial charge is 0.502 e. The van der Waals surface area contributed by atoms with Crippen molar-refractivity contribution in [2.75, 3.05) is 0 Å². The van der Waals surface area contributed by atoms with Crippen LogP contribution in [0.4, 0.5) is 5.69 Å². The van der Waals surface area contributed by atoms with E-state index in [1.165, 1.54) is 6.07 Å². The van der Waals surface area contributed by atoms with E-state index in [-0.39, 0.29) is 10.5 Å². The number of aromatic hydroxyl groups is 1. The summed E-state index contributed by atoms with van der Waals surface area (Å²) in [6, 6.07) is 9.75. The van der Waals surface area contributed by atoms with Gasteiger partial charge in [-0.3, -0.25) is 10.1 Å². The number of aromatic nitrogens is 2. The first-order valence-electron chi connectivity index (χ1n) is 7.09. The highest BCUT2D eigenvalue weighted by molar-refractivity contribution is 9.10. The maximum absolute atomic E-state index is 11.6. The molecular formula is C16H10BrN3O5S. The fourth-order valence-corrected chi connectivity index (χ4v) is 3.46. The number of nitrogens with one attached hydrogen (secondary N) is 1. The van der Waals surface area contributed by atoms with E-state index in [0.29, 0.717) is 15.1 Å². The van der Waals surface area contributed by atoms with E-state index in [1.54, 1.807) is 12.1 Å². The molecule has 0 saturated carbocycles. The van der Waals surface area contributed by atoms with Gasteiger partial charge in [0.25, 0.3) is 0 Å². The molecule has 0 saturated heterocycles. The van der Waals surface area contributed by atoms with Crippen molar-refractivity contribution in [3.05, 3.63) is 61.5 Å². The molecule has 10 heteroatoms. The summed E-state index contributed by atoms with van der Waals surface area (Å²) < 4.78 is 0.340. The minimum atomic E-state index is -1.25. The molecule has 0 amide bonds. The van der Waals surface area contributed by atoms with Crippen molar-refractivity contribution in [3.63, 3.8) is 0 Å². The number of aromatic amines is 1. The van der Waals surface area contributed by atoms with Gasteiger partial charge in [0.15, 0.2) is 5.16 Å². The van der Waals surface area contributed by atoms with Gasteiger partial charge in [-0.1, -0.05) is 28.1 Å². The van der Waals surface area contributed by atoms with Gasteiger partial charge in [-0.05, 0) is 36.0 Å². The van der Waals surface area contributed by atoms with Gasteiger partial charge in [-0.2, -0.15) is 0 Å². The summed E-state index contributed by atoms with van der Waals surface area (Å²) in [7, 11) is 0. The first-order chi connectivity index (χ1) is 12.3. The number of nitro groups is 1. The average Bonchev–Trinajstić information content (AvgIpc) is 2.99. The zero-order chi connectivity index (χ0) is 18.8. The van der Waals surface area contributed by atoms with Crippen molar-refractivity contribution in [2.24, 2.45) is 0 Å². The maximum Gasteiger partial charge on any atom is 0.342 e. The van der Waals surface area contributed by atoms with Crippen LogP contribution in [-0.2, 0) is 4.79 Å². The summed E-state index contributed by atoms with van der Waals surface area (Å²) >= 11 is 3.96. The van der Waals surface area contributed by atoms with Gasteiger partial charge in [0, 0.05) is 16.1 Å². The van der Waals surface area contributed by atoms with E-state index in [1.807, 2.05) is 12.1 Å². The number of para-hydroxylation sites is 2. The maximum atomic E-state index is 11.6. The Labute approximate surface area is 158 Å². The third-order valence-corrected chi connectivity index (χ3v) is 4.71. The van der Waals surface area contributed by atoms with Crippen LogP contribution in [0.3, 0.4) is 0 Å². The molecule has 3 N–H and O–H groups in total. The van der Waals surface area contributed by atoms with Crippen molar-refractivity contribution in [3.8, 4) is 5.75 Å². The topological polar surface area (TPSA) is 129 Å². The summed E-state index contributed by atoms with van der Waals surface area (Å²) in [5, 5.41) is 30.9. The number of hydrogen-bond acceptors (Lipinski definition) is 6. The number of aliphatic carboxylic acids is 1. The molecule has 0 aliphatic carbocycles. The molecular weight excluding hydrogens is 426 g/mol. The number of carbonyl (C=O) groups is 1. The summed E-state index contributed by atoms with van der Waals surface area (Å²) in [5.74, 6) is -1.86. The molecule has 3 rings (SSSR count). The lowest BCUT2D eigenvalue weighted by Gasteiger charge is -2.04. The average molecular weight is 436 g/mol. The normalized spacial score (nSPS) is 11.7. The number of imidazole rings is 1. The van der Waals surface area contributed by atoms with Crippen LogP contribution in [0.15, 0.2) is 50.9 Å². The third kappa shape index (κ3) is 3.70. The Hall–Kier alpha value is -2.85. The number of benzene rings is 2. The van der Waals surface area contributed by atoms with E-state index in [9.17, 15) is 25.1 Å². The van der Waals surface area contributed by atoms with Crippen LogP contribution in [-0.4, -0.2) is 31.1 Å². The Morgan fingerprint density at radius 3 is 2.73 bits per heavy atom. The molecule has 0 aliphatic heterocycles. The Morgan fingerprint density at radius 1 is 1.35 bits per heavy atom. The minimum absolute atomic E-state index is 0.00656. The van der Waals surface area contributed by atoms with Gasteiger partial charge in [0.2, 0.25) is 5.75 Å². The fraction of sp³-hybridized carbons (Fsp3) is 0. The van der Waals surface area contributed by atoms with E-state index in [0.717, 1.165) is 29.4 Å². The van der Waals surface area contributed by atoms with E-state index < -0.39 is 22.3 Å². The number of fused-ring (bicyclic) bond motifs is 1. The van der Waals surface area contributed by atoms with Crippen LogP contribution >= 0.6 is 27.7 Å². The Morgan fingerprint density at radius 2 is 2.08 bits per heavy atom.